The van der Waals surface area contributed by atoms with E-state index in [1.165, 1.54) is 28.8 Å². The Balaban J connectivity index is 1.86. The molecule has 3 rings (SSSR count). The van der Waals surface area contributed by atoms with Crippen LogP contribution in [0.4, 0.5) is 15.8 Å². The molecule has 182 valence electrons. The summed E-state index contributed by atoms with van der Waals surface area (Å²) >= 11 is 1.30. The molecular weight excluding hydrogens is 451 g/mol. The number of thioether (sulfide) groups is 1. The Morgan fingerprint density at radius 1 is 1.18 bits per heavy atom. The molecule has 2 N–H and O–H groups in total. The summed E-state index contributed by atoms with van der Waals surface area (Å²) in [7, 11) is 4.17. The Kier molecular flexibility index (Phi) is 8.15. The molecule has 2 aromatic rings. The van der Waals surface area contributed by atoms with E-state index in [0.29, 0.717) is 11.7 Å². The quantitative estimate of drug-likeness (QED) is 0.601. The summed E-state index contributed by atoms with van der Waals surface area (Å²) in [4.78, 5) is 34.0. The van der Waals surface area contributed by atoms with Gasteiger partial charge in [0.25, 0.3) is 0 Å². The lowest BCUT2D eigenvalue weighted by atomic mass is 9.92. The number of hydrogen-bond donors (Lipinski definition) is 2. The first-order chi connectivity index (χ1) is 16.0. The van der Waals surface area contributed by atoms with Gasteiger partial charge in [-0.25, -0.2) is 9.38 Å². The van der Waals surface area contributed by atoms with Crippen molar-refractivity contribution in [3.63, 3.8) is 0 Å². The summed E-state index contributed by atoms with van der Waals surface area (Å²) < 4.78 is 14.0. The third-order valence-electron chi connectivity index (χ3n) is 5.75. The number of amides is 2. The Labute approximate surface area is 205 Å². The summed E-state index contributed by atoms with van der Waals surface area (Å²) in [6, 6.07) is 11.9. The Bertz CT molecular complexity index is 1100. The van der Waals surface area contributed by atoms with Crippen LogP contribution in [-0.2, 0) is 9.59 Å². The van der Waals surface area contributed by atoms with Crippen molar-refractivity contribution in [3.05, 3.63) is 59.4 Å². The number of hydrogen-bond acceptors (Lipinski definition) is 4. The molecular formula is C26H34FN4O2S+. The maximum absolute atomic E-state index is 14.0. The van der Waals surface area contributed by atoms with Gasteiger partial charge >= 0.3 is 0 Å². The molecule has 0 saturated carbocycles. The molecule has 0 aliphatic carbocycles. The molecule has 1 aliphatic rings. The number of carbonyl (C=O) groups excluding carboxylic acids is 2. The van der Waals surface area contributed by atoms with Gasteiger partial charge < -0.3 is 10.2 Å². The van der Waals surface area contributed by atoms with E-state index in [1.54, 1.807) is 17.0 Å². The van der Waals surface area contributed by atoms with Crippen LogP contribution in [0, 0.1) is 25.1 Å². The minimum atomic E-state index is -0.613. The second kappa shape index (κ2) is 10.7. The third-order valence-corrected chi connectivity index (χ3v) is 6.92. The lowest BCUT2D eigenvalue weighted by Gasteiger charge is -2.30. The predicted octanol–water partition coefficient (Wildman–Crippen LogP) is 3.57. The fourth-order valence-corrected chi connectivity index (χ4v) is 5.35. The summed E-state index contributed by atoms with van der Waals surface area (Å²) in [5, 5.41) is 2.58. The third kappa shape index (κ3) is 6.45. The molecule has 1 fully saturated rings. The van der Waals surface area contributed by atoms with Crippen molar-refractivity contribution in [2.75, 3.05) is 32.5 Å². The van der Waals surface area contributed by atoms with Crippen LogP contribution in [0.1, 0.15) is 31.4 Å². The fraction of sp³-hybridized carbons (Fsp3) is 0.423. The van der Waals surface area contributed by atoms with Crippen LogP contribution >= 0.6 is 11.8 Å². The van der Waals surface area contributed by atoms with Crippen molar-refractivity contribution in [1.82, 2.24) is 4.90 Å². The number of amidine groups is 1. The van der Waals surface area contributed by atoms with Gasteiger partial charge in [0, 0.05) is 18.4 Å². The molecule has 0 aromatic heterocycles. The van der Waals surface area contributed by atoms with Gasteiger partial charge in [0.1, 0.15) is 11.1 Å². The largest absolute Gasteiger partial charge is 0.339 e. The number of benzene rings is 2. The Morgan fingerprint density at radius 2 is 1.88 bits per heavy atom. The van der Waals surface area contributed by atoms with Crippen molar-refractivity contribution in [2.45, 2.75) is 39.4 Å². The average Bonchev–Trinajstić information content (AvgIpc) is 3.00. The molecule has 8 heteroatoms. The number of nitrogens with one attached hydrogen (secondary N) is 2. The number of carbonyl (C=O) groups is 2. The normalized spacial score (nSPS) is 17.6. The minimum absolute atomic E-state index is 0.0560. The minimum Gasteiger partial charge on any atom is -0.339 e. The molecule has 0 radical (unpaired) electrons. The topological polar surface area (TPSA) is 66.2 Å². The lowest BCUT2D eigenvalue weighted by molar-refractivity contribution is -0.865. The van der Waals surface area contributed by atoms with E-state index in [1.807, 2.05) is 32.0 Å². The van der Waals surface area contributed by atoms with Gasteiger partial charge in [-0.15, -0.1) is 0 Å². The fourth-order valence-electron chi connectivity index (χ4n) is 4.20. The van der Waals surface area contributed by atoms with E-state index in [4.69, 9.17) is 4.99 Å². The maximum atomic E-state index is 14.0. The number of halogens is 1. The molecule has 1 atom stereocenters. The van der Waals surface area contributed by atoms with Gasteiger partial charge in [-0.1, -0.05) is 49.9 Å². The van der Waals surface area contributed by atoms with Gasteiger partial charge in [-0.3, -0.25) is 14.5 Å². The van der Waals surface area contributed by atoms with E-state index in [9.17, 15) is 14.0 Å². The Hall–Kier alpha value is -2.71. The first-order valence-corrected chi connectivity index (χ1v) is 12.3. The smallest absolute Gasteiger partial charge is 0.242 e. The SMILES string of the molecule is Cc1cccc(N=C2S[C@@H](CC(=O)Nc3ccccc3F)C(=O)N2CC(C)(C)C[NH+](C)C)c1C. The van der Waals surface area contributed by atoms with Crippen molar-refractivity contribution in [3.8, 4) is 0 Å². The van der Waals surface area contributed by atoms with Crippen LogP contribution in [0.3, 0.4) is 0 Å². The van der Waals surface area contributed by atoms with Crippen LogP contribution in [0.5, 0.6) is 0 Å². The molecule has 6 nitrogen and oxygen atoms in total. The summed E-state index contributed by atoms with van der Waals surface area (Å²) in [6.07, 6.45) is -0.0560. The van der Waals surface area contributed by atoms with Crippen LogP contribution in [0.25, 0.3) is 0 Å². The van der Waals surface area contributed by atoms with Crippen molar-refractivity contribution >= 4 is 40.1 Å². The van der Waals surface area contributed by atoms with Crippen LogP contribution in [0.15, 0.2) is 47.5 Å². The molecule has 0 bridgehead atoms. The average molecular weight is 486 g/mol. The molecule has 0 unspecified atom stereocenters. The first kappa shape index (κ1) is 25.9. The van der Waals surface area contributed by atoms with Gasteiger partial charge in [0.2, 0.25) is 11.8 Å². The zero-order chi connectivity index (χ0) is 25.0. The van der Waals surface area contributed by atoms with E-state index in [0.717, 1.165) is 23.4 Å². The number of anilines is 1. The van der Waals surface area contributed by atoms with Crippen LogP contribution in [-0.4, -0.2) is 54.3 Å². The maximum Gasteiger partial charge on any atom is 0.242 e. The van der Waals surface area contributed by atoms with Gasteiger partial charge in [-0.05, 0) is 43.2 Å². The van der Waals surface area contributed by atoms with Gasteiger partial charge in [-0.2, -0.15) is 0 Å². The monoisotopic (exact) mass is 485 g/mol. The molecule has 0 spiro atoms. The Morgan fingerprint density at radius 3 is 2.56 bits per heavy atom. The van der Waals surface area contributed by atoms with Crippen LogP contribution in [0.2, 0.25) is 0 Å². The van der Waals surface area contributed by atoms with E-state index in [2.05, 4.69) is 33.3 Å². The predicted molar refractivity (Wildman–Crippen MR) is 137 cm³/mol. The number of aryl methyl sites for hydroxylation is 1. The van der Waals surface area contributed by atoms with Crippen molar-refractivity contribution in [1.29, 1.82) is 0 Å². The number of aliphatic imine (C=N–C) groups is 1. The first-order valence-electron chi connectivity index (χ1n) is 11.4. The van der Waals surface area contributed by atoms with Gasteiger partial charge in [0.15, 0.2) is 5.17 Å². The van der Waals surface area contributed by atoms with E-state index >= 15 is 0 Å². The highest BCUT2D eigenvalue weighted by Gasteiger charge is 2.42. The van der Waals surface area contributed by atoms with E-state index < -0.39 is 17.0 Å². The van der Waals surface area contributed by atoms with Gasteiger partial charge in [0.05, 0.1) is 32.0 Å². The molecule has 34 heavy (non-hydrogen) atoms. The second-order valence-corrected chi connectivity index (χ2v) is 11.1. The highest BCUT2D eigenvalue weighted by atomic mass is 32.2. The van der Waals surface area contributed by atoms with Crippen LogP contribution < -0.4 is 10.2 Å². The van der Waals surface area contributed by atoms with Crippen molar-refractivity contribution < 1.29 is 18.9 Å². The number of quaternary nitrogens is 1. The lowest BCUT2D eigenvalue weighted by Crippen LogP contribution is -3.07. The second-order valence-electron chi connectivity index (χ2n) is 9.92. The molecule has 1 saturated heterocycles. The molecule has 1 aliphatic heterocycles. The number of rotatable bonds is 8. The summed E-state index contributed by atoms with van der Waals surface area (Å²) in [5.74, 6) is -1.05. The zero-order valence-corrected chi connectivity index (χ0v) is 21.6. The molecule has 1 heterocycles. The highest BCUT2D eigenvalue weighted by molar-refractivity contribution is 8.15. The summed E-state index contributed by atoms with van der Waals surface area (Å²) in [6.45, 7) is 9.68. The number of para-hydroxylation sites is 1. The molecule has 2 amide bonds. The van der Waals surface area contributed by atoms with E-state index in [-0.39, 0.29) is 23.4 Å². The standard InChI is InChI=1S/C26H33FN4O2S/c1-17-10-9-13-20(18(17)2)29-25-31(16-26(3,4)15-30(5)6)24(33)22(34-25)14-23(32)28-21-12-8-7-11-19(21)27/h7-13,22H,14-16H2,1-6H3,(H,28,32)/p+1/t22-/m0/s1. The summed E-state index contributed by atoms with van der Waals surface area (Å²) in [5.41, 5.74) is 2.95. The molecule has 2 aromatic carbocycles. The highest BCUT2D eigenvalue weighted by Crippen LogP contribution is 2.35. The zero-order valence-electron chi connectivity index (χ0n) is 20.7. The number of nitrogens with zero attached hydrogens (tertiary/aromatic N) is 2. The van der Waals surface area contributed by atoms with Crippen molar-refractivity contribution in [2.24, 2.45) is 10.4 Å².